The number of likely N-dealkylation sites (tertiary alicyclic amines) is 2. The molecule has 1 amide bonds. The Kier molecular flexibility index (Phi) is 2.91. The first kappa shape index (κ1) is 9.77. The Morgan fingerprint density at radius 1 is 1.29 bits per heavy atom. The van der Waals surface area contributed by atoms with Gasteiger partial charge in [0.1, 0.15) is 6.10 Å². The lowest BCUT2D eigenvalue weighted by atomic mass is 10.3. The minimum absolute atomic E-state index is 0.109. The zero-order valence-corrected chi connectivity index (χ0v) is 8.74. The summed E-state index contributed by atoms with van der Waals surface area (Å²) in [5.41, 5.74) is 0. The number of amides is 1. The smallest absolute Gasteiger partial charge is 0.410 e. The van der Waals surface area contributed by atoms with Crippen molar-refractivity contribution < 1.29 is 9.53 Å². The Balaban J connectivity index is 1.76. The largest absolute Gasteiger partial charge is 0.445 e. The van der Waals surface area contributed by atoms with Crippen LogP contribution in [0, 0.1) is 0 Å². The van der Waals surface area contributed by atoms with Crippen LogP contribution in [0.15, 0.2) is 0 Å². The van der Waals surface area contributed by atoms with Crippen LogP contribution in [0.25, 0.3) is 0 Å². The molecule has 2 heterocycles. The number of hydrogen-bond donors (Lipinski definition) is 0. The van der Waals surface area contributed by atoms with Crippen LogP contribution in [-0.4, -0.2) is 55.2 Å². The molecule has 4 heteroatoms. The third-order valence-electron chi connectivity index (χ3n) is 2.98. The summed E-state index contributed by atoms with van der Waals surface area (Å²) in [5, 5.41) is 0. The normalized spacial score (nSPS) is 28.4. The van der Waals surface area contributed by atoms with Crippen LogP contribution in [-0.2, 0) is 4.74 Å². The van der Waals surface area contributed by atoms with E-state index in [0.29, 0.717) is 0 Å². The van der Waals surface area contributed by atoms with Crippen molar-refractivity contribution in [1.82, 2.24) is 9.80 Å². The minimum atomic E-state index is -0.109. The molecular weight excluding hydrogens is 180 g/mol. The number of carbonyl (C=O) groups is 1. The summed E-state index contributed by atoms with van der Waals surface area (Å²) < 4.78 is 5.41. The summed E-state index contributed by atoms with van der Waals surface area (Å²) in [6.07, 6.45) is 3.24. The van der Waals surface area contributed by atoms with E-state index in [0.717, 1.165) is 45.4 Å². The average molecular weight is 198 g/mol. The molecule has 0 aromatic carbocycles. The standard InChI is InChI=1S/C10H18N2O2/c1-11-7-4-9(8-11)14-10(13)12-5-2-3-6-12/h9H,2-8H2,1H3. The molecule has 0 aliphatic carbocycles. The van der Waals surface area contributed by atoms with Gasteiger partial charge in [0.15, 0.2) is 0 Å². The number of nitrogens with zero attached hydrogens (tertiary/aromatic N) is 2. The summed E-state index contributed by atoms with van der Waals surface area (Å²) in [6, 6.07) is 0. The molecule has 0 N–H and O–H groups in total. The van der Waals surface area contributed by atoms with E-state index in [1.165, 1.54) is 0 Å². The molecule has 4 nitrogen and oxygen atoms in total. The van der Waals surface area contributed by atoms with Crippen molar-refractivity contribution in [3.05, 3.63) is 0 Å². The summed E-state index contributed by atoms with van der Waals surface area (Å²) in [5.74, 6) is 0. The van der Waals surface area contributed by atoms with Gasteiger partial charge in [0.25, 0.3) is 0 Å². The van der Waals surface area contributed by atoms with Crippen LogP contribution in [0.1, 0.15) is 19.3 Å². The van der Waals surface area contributed by atoms with Crippen molar-refractivity contribution in [3.8, 4) is 0 Å². The van der Waals surface area contributed by atoms with Crippen molar-refractivity contribution in [2.75, 3.05) is 33.2 Å². The van der Waals surface area contributed by atoms with Gasteiger partial charge >= 0.3 is 6.09 Å². The predicted octanol–water partition coefficient (Wildman–Crippen LogP) is 0.923. The van der Waals surface area contributed by atoms with E-state index in [9.17, 15) is 4.79 Å². The van der Waals surface area contributed by atoms with Crippen LogP contribution in [0.4, 0.5) is 4.79 Å². The van der Waals surface area contributed by atoms with Crippen LogP contribution in [0.3, 0.4) is 0 Å². The van der Waals surface area contributed by atoms with Crippen molar-refractivity contribution >= 4 is 6.09 Å². The quantitative estimate of drug-likeness (QED) is 0.628. The highest BCUT2D eigenvalue weighted by molar-refractivity contribution is 5.68. The number of ether oxygens (including phenoxy) is 1. The molecule has 0 aromatic heterocycles. The fourth-order valence-corrected chi connectivity index (χ4v) is 2.11. The van der Waals surface area contributed by atoms with Crippen molar-refractivity contribution in [3.63, 3.8) is 0 Å². The Morgan fingerprint density at radius 2 is 2.00 bits per heavy atom. The van der Waals surface area contributed by atoms with Gasteiger partial charge < -0.3 is 14.5 Å². The van der Waals surface area contributed by atoms with Gasteiger partial charge in [-0.3, -0.25) is 0 Å². The van der Waals surface area contributed by atoms with Crippen LogP contribution in [0.5, 0.6) is 0 Å². The van der Waals surface area contributed by atoms with E-state index < -0.39 is 0 Å². The van der Waals surface area contributed by atoms with E-state index in [4.69, 9.17) is 4.74 Å². The molecule has 1 atom stereocenters. The van der Waals surface area contributed by atoms with Gasteiger partial charge in [0.05, 0.1) is 0 Å². The third-order valence-corrected chi connectivity index (χ3v) is 2.98. The lowest BCUT2D eigenvalue weighted by molar-refractivity contribution is 0.0730. The van der Waals surface area contributed by atoms with Gasteiger partial charge in [-0.1, -0.05) is 0 Å². The highest BCUT2D eigenvalue weighted by Crippen LogP contribution is 2.14. The molecule has 2 aliphatic rings. The predicted molar refractivity (Wildman–Crippen MR) is 53.2 cm³/mol. The fourth-order valence-electron chi connectivity index (χ4n) is 2.11. The van der Waals surface area contributed by atoms with Gasteiger partial charge in [-0.25, -0.2) is 4.79 Å². The number of rotatable bonds is 1. The topological polar surface area (TPSA) is 32.8 Å². The second-order valence-corrected chi connectivity index (χ2v) is 4.25. The molecule has 0 spiro atoms. The molecule has 1 unspecified atom stereocenters. The molecule has 2 fully saturated rings. The monoisotopic (exact) mass is 198 g/mol. The van der Waals surface area contributed by atoms with Gasteiger partial charge in [0.2, 0.25) is 0 Å². The lowest BCUT2D eigenvalue weighted by Crippen LogP contribution is -2.32. The maximum atomic E-state index is 11.6. The Labute approximate surface area is 84.8 Å². The van der Waals surface area contributed by atoms with Gasteiger partial charge in [-0.2, -0.15) is 0 Å². The summed E-state index contributed by atoms with van der Waals surface area (Å²) in [6.45, 7) is 3.68. The first-order valence-corrected chi connectivity index (χ1v) is 5.40. The van der Waals surface area contributed by atoms with E-state index in [1.807, 2.05) is 4.90 Å². The molecule has 2 aliphatic heterocycles. The van der Waals surface area contributed by atoms with E-state index >= 15 is 0 Å². The molecule has 0 radical (unpaired) electrons. The molecular formula is C10H18N2O2. The van der Waals surface area contributed by atoms with Crippen molar-refractivity contribution in [1.29, 1.82) is 0 Å². The average Bonchev–Trinajstić information content (AvgIpc) is 2.75. The SMILES string of the molecule is CN1CCC(OC(=O)N2CCCC2)C1. The maximum Gasteiger partial charge on any atom is 0.410 e. The summed E-state index contributed by atoms with van der Waals surface area (Å²) in [4.78, 5) is 15.6. The second kappa shape index (κ2) is 4.17. The molecule has 2 saturated heterocycles. The van der Waals surface area contributed by atoms with Crippen LogP contribution >= 0.6 is 0 Å². The second-order valence-electron chi connectivity index (χ2n) is 4.25. The number of likely N-dealkylation sites (N-methyl/N-ethyl adjacent to an activating group) is 1. The van der Waals surface area contributed by atoms with Gasteiger partial charge in [0, 0.05) is 26.2 Å². The van der Waals surface area contributed by atoms with E-state index in [-0.39, 0.29) is 12.2 Å². The van der Waals surface area contributed by atoms with Crippen molar-refractivity contribution in [2.24, 2.45) is 0 Å². The highest BCUT2D eigenvalue weighted by atomic mass is 16.6. The minimum Gasteiger partial charge on any atom is -0.445 e. The van der Waals surface area contributed by atoms with E-state index in [2.05, 4.69) is 11.9 Å². The Hall–Kier alpha value is -0.770. The summed E-state index contributed by atoms with van der Waals surface area (Å²) >= 11 is 0. The molecule has 0 saturated carbocycles. The van der Waals surface area contributed by atoms with E-state index in [1.54, 1.807) is 0 Å². The number of carbonyl (C=O) groups excluding carboxylic acids is 1. The van der Waals surface area contributed by atoms with Crippen molar-refractivity contribution in [2.45, 2.75) is 25.4 Å². The Morgan fingerprint density at radius 3 is 2.57 bits per heavy atom. The maximum absolute atomic E-state index is 11.6. The fraction of sp³-hybridized carbons (Fsp3) is 0.900. The molecule has 2 rings (SSSR count). The van der Waals surface area contributed by atoms with Crippen LogP contribution < -0.4 is 0 Å². The Bertz CT molecular complexity index is 214. The molecule has 80 valence electrons. The zero-order valence-electron chi connectivity index (χ0n) is 8.74. The van der Waals surface area contributed by atoms with Gasteiger partial charge in [-0.05, 0) is 26.3 Å². The molecule has 0 bridgehead atoms. The first-order valence-electron chi connectivity index (χ1n) is 5.40. The highest BCUT2D eigenvalue weighted by Gasteiger charge is 2.26. The van der Waals surface area contributed by atoms with Crippen LogP contribution in [0.2, 0.25) is 0 Å². The number of hydrogen-bond acceptors (Lipinski definition) is 3. The summed E-state index contributed by atoms with van der Waals surface area (Å²) in [7, 11) is 2.06. The first-order chi connectivity index (χ1) is 6.75. The molecule has 14 heavy (non-hydrogen) atoms. The lowest BCUT2D eigenvalue weighted by Gasteiger charge is -2.18. The molecule has 0 aromatic rings. The zero-order chi connectivity index (χ0) is 9.97. The third kappa shape index (κ3) is 2.18. The van der Waals surface area contributed by atoms with Gasteiger partial charge in [-0.15, -0.1) is 0 Å².